The lowest BCUT2D eigenvalue weighted by Gasteiger charge is -2.13. The highest BCUT2D eigenvalue weighted by molar-refractivity contribution is 5.94. The number of nitrogens with zero attached hydrogens (tertiary/aromatic N) is 2. The Morgan fingerprint density at radius 3 is 2.67 bits per heavy atom. The highest BCUT2D eigenvalue weighted by Crippen LogP contribution is 2.23. The fourth-order valence-corrected chi connectivity index (χ4v) is 2.86. The molecule has 3 rings (SSSR count). The third kappa shape index (κ3) is 3.67. The Morgan fingerprint density at radius 1 is 1.19 bits per heavy atom. The Balaban J connectivity index is 1.89. The summed E-state index contributed by atoms with van der Waals surface area (Å²) in [6.07, 6.45) is 2.98. The van der Waals surface area contributed by atoms with Crippen LogP contribution in [0, 0.1) is 13.8 Å². The second kappa shape index (κ2) is 7.74. The topological polar surface area (TPSA) is 85.8 Å². The van der Waals surface area contributed by atoms with E-state index in [1.807, 2.05) is 36.6 Å². The minimum atomic E-state index is -0.430. The minimum Gasteiger partial charge on any atom is -0.465 e. The molecule has 2 aromatic heterocycles. The average molecular weight is 365 g/mol. The lowest BCUT2D eigenvalue weighted by atomic mass is 10.1. The van der Waals surface area contributed by atoms with Crippen LogP contribution in [0.5, 0.6) is 0 Å². The molecule has 1 aromatic carbocycles. The second-order valence-corrected chi connectivity index (χ2v) is 5.85. The van der Waals surface area contributed by atoms with Gasteiger partial charge < -0.3 is 13.7 Å². The van der Waals surface area contributed by atoms with Crippen LogP contribution in [0.3, 0.4) is 0 Å². The maximum atomic E-state index is 12.1. The molecule has 0 bridgehead atoms. The molecule has 138 valence electrons. The van der Waals surface area contributed by atoms with E-state index in [0.717, 1.165) is 22.6 Å². The number of rotatable bonds is 5. The lowest BCUT2D eigenvalue weighted by Crippen LogP contribution is -2.16. The van der Waals surface area contributed by atoms with Gasteiger partial charge in [-0.05, 0) is 44.2 Å². The van der Waals surface area contributed by atoms with Crippen LogP contribution in [0.4, 0.5) is 0 Å². The number of esters is 1. The number of hydrogen-bond acceptors (Lipinski definition) is 5. The van der Waals surface area contributed by atoms with Crippen LogP contribution >= 0.6 is 0 Å². The third-order valence-corrected chi connectivity index (χ3v) is 4.14. The largest absolute Gasteiger partial charge is 0.465 e. The molecule has 7 heteroatoms. The molecule has 2 heterocycles. The summed E-state index contributed by atoms with van der Waals surface area (Å²) >= 11 is 0. The van der Waals surface area contributed by atoms with Gasteiger partial charge in [0.15, 0.2) is 5.76 Å². The predicted octanol–water partition coefficient (Wildman–Crippen LogP) is 3.24. The van der Waals surface area contributed by atoms with Crippen LogP contribution in [0.15, 0.2) is 58.2 Å². The van der Waals surface area contributed by atoms with E-state index < -0.39 is 11.9 Å². The maximum absolute atomic E-state index is 12.1. The van der Waals surface area contributed by atoms with Gasteiger partial charge in [-0.15, -0.1) is 0 Å². The zero-order chi connectivity index (χ0) is 19.4. The van der Waals surface area contributed by atoms with Crippen molar-refractivity contribution < 1.29 is 18.7 Å². The Bertz CT molecular complexity index is 1000. The van der Waals surface area contributed by atoms with E-state index in [1.54, 1.807) is 30.5 Å². The van der Waals surface area contributed by atoms with E-state index in [0.29, 0.717) is 5.56 Å². The summed E-state index contributed by atoms with van der Waals surface area (Å²) in [6, 6.07) is 12.3. The van der Waals surface area contributed by atoms with Gasteiger partial charge in [-0.2, -0.15) is 5.10 Å². The monoisotopic (exact) mass is 365 g/mol. The molecule has 0 spiro atoms. The number of aryl methyl sites for hydroxylation is 1. The molecule has 0 aliphatic carbocycles. The van der Waals surface area contributed by atoms with Gasteiger partial charge >= 0.3 is 11.9 Å². The molecule has 0 radical (unpaired) electrons. The van der Waals surface area contributed by atoms with Crippen molar-refractivity contribution in [2.24, 2.45) is 5.10 Å². The number of hydrazone groups is 1. The van der Waals surface area contributed by atoms with Crippen molar-refractivity contribution in [2.45, 2.75) is 13.8 Å². The molecule has 27 heavy (non-hydrogen) atoms. The number of carbonyl (C=O) groups is 2. The average Bonchev–Trinajstić information content (AvgIpc) is 3.30. The van der Waals surface area contributed by atoms with Gasteiger partial charge in [-0.1, -0.05) is 12.1 Å². The fourth-order valence-electron chi connectivity index (χ4n) is 2.86. The molecule has 0 aliphatic rings. The van der Waals surface area contributed by atoms with Crippen LogP contribution in [-0.4, -0.2) is 29.8 Å². The van der Waals surface area contributed by atoms with E-state index in [-0.39, 0.29) is 5.76 Å². The minimum absolute atomic E-state index is 0.185. The maximum Gasteiger partial charge on any atom is 0.339 e. The summed E-state index contributed by atoms with van der Waals surface area (Å²) in [6.45, 7) is 3.84. The second-order valence-electron chi connectivity index (χ2n) is 5.85. The molecule has 0 atom stereocenters. The van der Waals surface area contributed by atoms with Gasteiger partial charge in [0.25, 0.3) is 0 Å². The molecule has 0 saturated heterocycles. The van der Waals surface area contributed by atoms with Crippen molar-refractivity contribution in [3.05, 3.63) is 77.0 Å². The molecular weight excluding hydrogens is 346 g/mol. The number of methoxy groups -OCH3 is 1. The van der Waals surface area contributed by atoms with Gasteiger partial charge in [0.1, 0.15) is 0 Å². The molecular formula is C20H19N3O4. The van der Waals surface area contributed by atoms with Gasteiger partial charge in [-0.25, -0.2) is 10.2 Å². The van der Waals surface area contributed by atoms with E-state index in [9.17, 15) is 9.59 Å². The van der Waals surface area contributed by atoms with Crippen molar-refractivity contribution >= 4 is 18.1 Å². The highest BCUT2D eigenvalue weighted by Gasteiger charge is 2.17. The summed E-state index contributed by atoms with van der Waals surface area (Å²) < 4.78 is 11.8. The standard InChI is InChI=1S/C20H19N3O4/c1-13-11-15(12-21-22-19(24)18-9-6-10-27-18)14(2)23(13)17-8-5-4-7-16(17)20(25)26-3/h4-12H,1-3H3,(H,22,24)/b21-12-. The molecule has 7 nitrogen and oxygen atoms in total. The number of para-hydroxylation sites is 1. The van der Waals surface area contributed by atoms with Crippen LogP contribution < -0.4 is 5.43 Å². The summed E-state index contributed by atoms with van der Waals surface area (Å²) in [5.41, 5.74) is 6.22. The number of amides is 1. The number of carbonyl (C=O) groups excluding carboxylic acids is 2. The molecule has 3 aromatic rings. The first kappa shape index (κ1) is 18.2. The van der Waals surface area contributed by atoms with Crippen LogP contribution in [0.1, 0.15) is 37.9 Å². The van der Waals surface area contributed by atoms with Gasteiger partial charge in [-0.3, -0.25) is 4.79 Å². The van der Waals surface area contributed by atoms with Crippen molar-refractivity contribution in [1.82, 2.24) is 9.99 Å². The number of furan rings is 1. The van der Waals surface area contributed by atoms with Crippen molar-refractivity contribution in [3.63, 3.8) is 0 Å². The predicted molar refractivity (Wildman–Crippen MR) is 100 cm³/mol. The van der Waals surface area contributed by atoms with Crippen molar-refractivity contribution in [1.29, 1.82) is 0 Å². The smallest absolute Gasteiger partial charge is 0.339 e. The van der Waals surface area contributed by atoms with Gasteiger partial charge in [0.05, 0.1) is 30.8 Å². The van der Waals surface area contributed by atoms with E-state index >= 15 is 0 Å². The zero-order valence-corrected chi connectivity index (χ0v) is 15.2. The first-order valence-electron chi connectivity index (χ1n) is 8.26. The molecule has 0 aliphatic heterocycles. The summed E-state index contributed by atoms with van der Waals surface area (Å²) in [5.74, 6) is -0.648. The van der Waals surface area contributed by atoms with Gasteiger partial charge in [0, 0.05) is 17.0 Å². The Kier molecular flexibility index (Phi) is 5.21. The number of benzene rings is 1. The number of hydrogen-bond donors (Lipinski definition) is 1. The number of ether oxygens (including phenoxy) is 1. The zero-order valence-electron chi connectivity index (χ0n) is 15.2. The van der Waals surface area contributed by atoms with E-state index in [1.165, 1.54) is 13.4 Å². The van der Waals surface area contributed by atoms with Crippen molar-refractivity contribution in [2.75, 3.05) is 7.11 Å². The Labute approximate surface area is 156 Å². The van der Waals surface area contributed by atoms with Gasteiger partial charge in [0.2, 0.25) is 0 Å². The van der Waals surface area contributed by atoms with Crippen LogP contribution in [-0.2, 0) is 4.74 Å². The fraction of sp³-hybridized carbons (Fsp3) is 0.150. The summed E-state index contributed by atoms with van der Waals surface area (Å²) in [5, 5.41) is 3.99. The third-order valence-electron chi connectivity index (χ3n) is 4.14. The van der Waals surface area contributed by atoms with E-state index in [4.69, 9.17) is 9.15 Å². The molecule has 1 amide bonds. The first-order chi connectivity index (χ1) is 13.0. The quantitative estimate of drug-likeness (QED) is 0.427. The van der Waals surface area contributed by atoms with E-state index in [2.05, 4.69) is 10.5 Å². The number of nitrogens with one attached hydrogen (secondary N) is 1. The molecule has 0 fully saturated rings. The summed E-state index contributed by atoms with van der Waals surface area (Å²) in [4.78, 5) is 23.9. The SMILES string of the molecule is COC(=O)c1ccccc1-n1c(C)cc(/C=N\NC(=O)c2ccco2)c1C. The molecule has 0 unspecified atom stereocenters. The summed E-state index contributed by atoms with van der Waals surface area (Å²) in [7, 11) is 1.36. The Hall–Kier alpha value is -3.61. The van der Waals surface area contributed by atoms with Crippen molar-refractivity contribution in [3.8, 4) is 5.69 Å². The lowest BCUT2D eigenvalue weighted by molar-refractivity contribution is 0.0600. The van der Waals surface area contributed by atoms with Crippen LogP contribution in [0.25, 0.3) is 5.69 Å². The Morgan fingerprint density at radius 2 is 1.96 bits per heavy atom. The highest BCUT2D eigenvalue weighted by atomic mass is 16.5. The number of aromatic nitrogens is 1. The molecule has 0 saturated carbocycles. The first-order valence-corrected chi connectivity index (χ1v) is 8.26. The van der Waals surface area contributed by atoms with Crippen LogP contribution in [0.2, 0.25) is 0 Å². The normalized spacial score (nSPS) is 10.9. The molecule has 1 N–H and O–H groups in total.